The number of piperidine rings is 1. The predicted octanol–water partition coefficient (Wildman–Crippen LogP) is 2.31. The first-order chi connectivity index (χ1) is 8.43. The molecule has 0 aliphatic carbocycles. The molecule has 0 spiro atoms. The average molecular weight is 233 g/mol. The fourth-order valence-corrected chi connectivity index (χ4v) is 2.59. The van der Waals surface area contributed by atoms with E-state index >= 15 is 0 Å². The van der Waals surface area contributed by atoms with Crippen LogP contribution in [0.4, 0.5) is 0 Å². The molecule has 0 atom stereocenters. The molecule has 1 N–H and O–H groups in total. The molecule has 1 aromatic rings. The third-order valence-corrected chi connectivity index (χ3v) is 3.58. The van der Waals surface area contributed by atoms with Gasteiger partial charge in [-0.05, 0) is 49.5 Å². The summed E-state index contributed by atoms with van der Waals surface area (Å²) in [6.07, 6.45) is 3.41. The Morgan fingerprint density at radius 3 is 2.59 bits per heavy atom. The topological polar surface area (TPSA) is 30.5 Å². The molecular weight excluding hydrogens is 214 g/mol. The van der Waals surface area contributed by atoms with Gasteiger partial charge in [0.15, 0.2) is 11.5 Å². The van der Waals surface area contributed by atoms with Crippen molar-refractivity contribution in [3.63, 3.8) is 0 Å². The Kier molecular flexibility index (Phi) is 3.18. The molecule has 92 valence electrons. The summed E-state index contributed by atoms with van der Waals surface area (Å²) >= 11 is 0. The highest BCUT2D eigenvalue weighted by Crippen LogP contribution is 2.35. The Balaban J connectivity index is 1.83. The van der Waals surface area contributed by atoms with Gasteiger partial charge in [0, 0.05) is 6.42 Å². The van der Waals surface area contributed by atoms with Crippen LogP contribution in [0.2, 0.25) is 0 Å². The van der Waals surface area contributed by atoms with E-state index in [9.17, 15) is 0 Å². The van der Waals surface area contributed by atoms with Gasteiger partial charge in [-0.25, -0.2) is 0 Å². The highest BCUT2D eigenvalue weighted by molar-refractivity contribution is 5.44. The van der Waals surface area contributed by atoms with E-state index in [0.29, 0.717) is 5.92 Å². The lowest BCUT2D eigenvalue weighted by atomic mass is 9.90. The number of hydrogen-bond donors (Lipinski definition) is 1. The summed E-state index contributed by atoms with van der Waals surface area (Å²) in [7, 11) is 0. The lowest BCUT2D eigenvalue weighted by Crippen LogP contribution is -2.26. The van der Waals surface area contributed by atoms with Crippen molar-refractivity contribution in [3.8, 4) is 11.5 Å². The van der Waals surface area contributed by atoms with Gasteiger partial charge in [0.2, 0.25) is 0 Å². The Hall–Kier alpha value is -1.22. The normalized spacial score (nSPS) is 20.9. The van der Waals surface area contributed by atoms with Gasteiger partial charge in [-0.3, -0.25) is 0 Å². The van der Waals surface area contributed by atoms with Crippen molar-refractivity contribution in [2.75, 3.05) is 26.3 Å². The molecule has 0 radical (unpaired) electrons. The summed E-state index contributed by atoms with van der Waals surface area (Å²) in [4.78, 5) is 0. The van der Waals surface area contributed by atoms with Gasteiger partial charge in [-0.1, -0.05) is 6.07 Å². The van der Waals surface area contributed by atoms with Crippen LogP contribution in [0.5, 0.6) is 11.5 Å². The van der Waals surface area contributed by atoms with Gasteiger partial charge in [0.05, 0.1) is 13.2 Å². The summed E-state index contributed by atoms with van der Waals surface area (Å²) in [5.74, 6) is 2.51. The minimum absolute atomic E-state index is 0.674. The van der Waals surface area contributed by atoms with Crippen molar-refractivity contribution >= 4 is 0 Å². The third kappa shape index (κ3) is 2.39. The zero-order valence-electron chi connectivity index (χ0n) is 10.1. The first kappa shape index (κ1) is 10.9. The third-order valence-electron chi connectivity index (χ3n) is 3.58. The first-order valence-corrected chi connectivity index (χ1v) is 6.54. The van der Waals surface area contributed by atoms with E-state index in [0.717, 1.165) is 44.2 Å². The molecule has 2 aliphatic heterocycles. The van der Waals surface area contributed by atoms with Crippen LogP contribution in [-0.4, -0.2) is 26.3 Å². The number of ether oxygens (including phenoxy) is 2. The fourth-order valence-electron chi connectivity index (χ4n) is 2.59. The molecule has 0 aromatic heterocycles. The first-order valence-electron chi connectivity index (χ1n) is 6.54. The SMILES string of the molecule is c1cc2c(cc1C1CCNCC1)OCCCO2. The van der Waals surface area contributed by atoms with Crippen LogP contribution in [0.1, 0.15) is 30.7 Å². The average Bonchev–Trinajstić information content (AvgIpc) is 2.64. The van der Waals surface area contributed by atoms with E-state index in [2.05, 4.69) is 23.5 Å². The Morgan fingerprint density at radius 1 is 1.00 bits per heavy atom. The number of nitrogens with one attached hydrogen (secondary N) is 1. The van der Waals surface area contributed by atoms with Crippen LogP contribution in [0.15, 0.2) is 18.2 Å². The maximum absolute atomic E-state index is 5.74. The molecule has 3 nitrogen and oxygen atoms in total. The smallest absolute Gasteiger partial charge is 0.161 e. The van der Waals surface area contributed by atoms with E-state index in [1.54, 1.807) is 0 Å². The molecule has 0 saturated carbocycles. The van der Waals surface area contributed by atoms with Crippen molar-refractivity contribution in [3.05, 3.63) is 23.8 Å². The zero-order valence-corrected chi connectivity index (χ0v) is 10.1. The molecule has 1 fully saturated rings. The summed E-state index contributed by atoms with van der Waals surface area (Å²) in [6.45, 7) is 3.78. The zero-order chi connectivity index (χ0) is 11.5. The van der Waals surface area contributed by atoms with Crippen LogP contribution < -0.4 is 14.8 Å². The van der Waals surface area contributed by atoms with Crippen molar-refractivity contribution in [2.45, 2.75) is 25.2 Å². The molecule has 3 heteroatoms. The molecule has 1 saturated heterocycles. The number of hydrogen-bond acceptors (Lipinski definition) is 3. The quantitative estimate of drug-likeness (QED) is 0.807. The molecule has 2 aliphatic rings. The second-order valence-corrected chi connectivity index (χ2v) is 4.78. The van der Waals surface area contributed by atoms with Gasteiger partial charge < -0.3 is 14.8 Å². The molecule has 17 heavy (non-hydrogen) atoms. The summed E-state index contributed by atoms with van der Waals surface area (Å²) in [5.41, 5.74) is 1.40. The van der Waals surface area contributed by atoms with Gasteiger partial charge in [0.25, 0.3) is 0 Å². The lowest BCUT2D eigenvalue weighted by molar-refractivity contribution is 0.297. The molecule has 3 rings (SSSR count). The standard InChI is InChI=1S/C14H19NO2/c1-8-16-13-3-2-12(10-14(13)17-9-1)11-4-6-15-7-5-11/h2-3,10-11,15H,1,4-9H2. The number of rotatable bonds is 1. The summed E-state index contributed by atoms with van der Waals surface area (Å²) < 4.78 is 11.4. The van der Waals surface area contributed by atoms with E-state index in [1.165, 1.54) is 18.4 Å². The maximum Gasteiger partial charge on any atom is 0.161 e. The van der Waals surface area contributed by atoms with Gasteiger partial charge in [-0.15, -0.1) is 0 Å². The van der Waals surface area contributed by atoms with Gasteiger partial charge in [-0.2, -0.15) is 0 Å². The van der Waals surface area contributed by atoms with Crippen molar-refractivity contribution in [1.29, 1.82) is 0 Å². The largest absolute Gasteiger partial charge is 0.490 e. The van der Waals surface area contributed by atoms with Crippen LogP contribution in [-0.2, 0) is 0 Å². The minimum Gasteiger partial charge on any atom is -0.490 e. The van der Waals surface area contributed by atoms with Crippen LogP contribution >= 0.6 is 0 Å². The number of benzene rings is 1. The Labute approximate surface area is 102 Å². The number of fused-ring (bicyclic) bond motifs is 1. The van der Waals surface area contributed by atoms with E-state index in [4.69, 9.17) is 9.47 Å². The molecule has 0 bridgehead atoms. The van der Waals surface area contributed by atoms with Crippen LogP contribution in [0, 0.1) is 0 Å². The predicted molar refractivity (Wildman–Crippen MR) is 66.9 cm³/mol. The fraction of sp³-hybridized carbons (Fsp3) is 0.571. The van der Waals surface area contributed by atoms with Gasteiger partial charge >= 0.3 is 0 Å². The molecule has 0 unspecified atom stereocenters. The molecular formula is C14H19NO2. The molecule has 2 heterocycles. The molecule has 0 amide bonds. The van der Waals surface area contributed by atoms with E-state index in [-0.39, 0.29) is 0 Å². The monoisotopic (exact) mass is 233 g/mol. The van der Waals surface area contributed by atoms with Crippen molar-refractivity contribution in [1.82, 2.24) is 5.32 Å². The summed E-state index contributed by atoms with van der Waals surface area (Å²) in [6, 6.07) is 6.44. The lowest BCUT2D eigenvalue weighted by Gasteiger charge is -2.23. The maximum atomic E-state index is 5.74. The van der Waals surface area contributed by atoms with Crippen LogP contribution in [0.3, 0.4) is 0 Å². The Morgan fingerprint density at radius 2 is 1.76 bits per heavy atom. The molecule has 1 aromatic carbocycles. The highest BCUT2D eigenvalue weighted by Gasteiger charge is 2.18. The van der Waals surface area contributed by atoms with Gasteiger partial charge in [0.1, 0.15) is 0 Å². The highest BCUT2D eigenvalue weighted by atomic mass is 16.5. The second kappa shape index (κ2) is 4.96. The van der Waals surface area contributed by atoms with E-state index in [1.807, 2.05) is 0 Å². The van der Waals surface area contributed by atoms with Crippen LogP contribution in [0.25, 0.3) is 0 Å². The minimum atomic E-state index is 0.674. The van der Waals surface area contributed by atoms with E-state index < -0.39 is 0 Å². The summed E-state index contributed by atoms with van der Waals surface area (Å²) in [5, 5.41) is 3.40. The van der Waals surface area contributed by atoms with Crippen molar-refractivity contribution in [2.24, 2.45) is 0 Å². The second-order valence-electron chi connectivity index (χ2n) is 4.78. The van der Waals surface area contributed by atoms with Crippen molar-refractivity contribution < 1.29 is 9.47 Å². The Bertz CT molecular complexity index is 386.